The highest BCUT2D eigenvalue weighted by molar-refractivity contribution is 6.08. The number of amides is 1. The van der Waals surface area contributed by atoms with E-state index < -0.39 is 41.5 Å². The highest BCUT2D eigenvalue weighted by Crippen LogP contribution is 2.37. The summed E-state index contributed by atoms with van der Waals surface area (Å²) in [6, 6.07) is 16.8. The molecule has 0 radical (unpaired) electrons. The summed E-state index contributed by atoms with van der Waals surface area (Å²) in [6.07, 6.45) is -10.0. The third kappa shape index (κ3) is 6.45. The summed E-state index contributed by atoms with van der Waals surface area (Å²) in [7, 11) is 4.87. The van der Waals surface area contributed by atoms with E-state index in [-0.39, 0.29) is 23.9 Å². The maximum atomic E-state index is 14.1. The van der Waals surface area contributed by atoms with Crippen molar-refractivity contribution in [3.63, 3.8) is 0 Å². The fourth-order valence-electron chi connectivity index (χ4n) is 4.67. The number of aromatic nitrogens is 1. The number of likely N-dealkylation sites (N-methyl/N-ethyl adjacent to an activating group) is 1. The van der Waals surface area contributed by atoms with Crippen molar-refractivity contribution in [2.45, 2.75) is 25.4 Å². The summed E-state index contributed by atoms with van der Waals surface area (Å²) in [5.41, 5.74) is -2.67. The number of nitrogens with zero attached hydrogens (tertiary/aromatic N) is 3. The average molecular weight is 576 g/mol. The van der Waals surface area contributed by atoms with E-state index in [1.54, 1.807) is 68.7 Å². The van der Waals surface area contributed by atoms with Crippen LogP contribution in [0.1, 0.15) is 27.2 Å². The summed E-state index contributed by atoms with van der Waals surface area (Å²) in [4.78, 5) is 30.6. The number of alkyl halides is 6. The zero-order valence-electron chi connectivity index (χ0n) is 22.5. The first-order chi connectivity index (χ1) is 19.2. The van der Waals surface area contributed by atoms with Crippen molar-refractivity contribution >= 4 is 16.7 Å². The number of pyridine rings is 1. The summed E-state index contributed by atoms with van der Waals surface area (Å²) in [5, 5.41) is 0.872. The quantitative estimate of drug-likeness (QED) is 0.235. The third-order valence-electron chi connectivity index (χ3n) is 6.63. The van der Waals surface area contributed by atoms with Crippen LogP contribution in [-0.4, -0.2) is 48.0 Å². The molecular weight excluding hydrogens is 548 g/mol. The lowest BCUT2D eigenvalue weighted by Crippen LogP contribution is -2.36. The smallest absolute Gasteiger partial charge is 0.336 e. The second kappa shape index (κ2) is 11.4. The molecule has 3 aromatic carbocycles. The Labute approximate surface area is 232 Å². The SMILES string of the molecule is CN(C)CCn1c(C(=O)N(C)Cc2cc(C(F)(F)F)cc(C(F)(F)F)c2)c(-c2ccccc2)c2ccccc2c1=O. The summed E-state index contributed by atoms with van der Waals surface area (Å²) >= 11 is 0. The lowest BCUT2D eigenvalue weighted by atomic mass is 9.96. The largest absolute Gasteiger partial charge is 0.416 e. The lowest BCUT2D eigenvalue weighted by molar-refractivity contribution is -0.143. The molecule has 0 unspecified atom stereocenters. The second-order valence-corrected chi connectivity index (χ2v) is 9.97. The Morgan fingerprint density at radius 1 is 0.780 bits per heavy atom. The molecule has 216 valence electrons. The van der Waals surface area contributed by atoms with Crippen LogP contribution in [0.5, 0.6) is 0 Å². The van der Waals surface area contributed by atoms with Gasteiger partial charge in [0.1, 0.15) is 5.69 Å². The van der Waals surface area contributed by atoms with Gasteiger partial charge in [-0.2, -0.15) is 26.3 Å². The maximum Gasteiger partial charge on any atom is 0.416 e. The van der Waals surface area contributed by atoms with E-state index in [4.69, 9.17) is 0 Å². The molecule has 1 heterocycles. The first kappa shape index (κ1) is 29.9. The van der Waals surface area contributed by atoms with Gasteiger partial charge in [-0.25, -0.2) is 0 Å². The molecule has 41 heavy (non-hydrogen) atoms. The fourth-order valence-corrected chi connectivity index (χ4v) is 4.67. The summed E-state index contributed by atoms with van der Waals surface area (Å²) in [6.45, 7) is -0.0546. The van der Waals surface area contributed by atoms with Gasteiger partial charge in [0, 0.05) is 37.6 Å². The average Bonchev–Trinajstić information content (AvgIpc) is 2.91. The molecule has 0 aliphatic carbocycles. The summed E-state index contributed by atoms with van der Waals surface area (Å²) in [5.74, 6) is -0.726. The third-order valence-corrected chi connectivity index (χ3v) is 6.63. The molecule has 5 nitrogen and oxygen atoms in total. The Balaban J connectivity index is 1.91. The van der Waals surface area contributed by atoms with Gasteiger partial charge < -0.3 is 14.4 Å². The molecule has 0 aliphatic heterocycles. The first-order valence-corrected chi connectivity index (χ1v) is 12.6. The van der Waals surface area contributed by atoms with Gasteiger partial charge in [-0.15, -0.1) is 0 Å². The van der Waals surface area contributed by atoms with E-state index >= 15 is 0 Å². The number of halogens is 6. The number of carbonyl (C=O) groups is 1. The number of carbonyl (C=O) groups excluding carboxylic acids is 1. The van der Waals surface area contributed by atoms with Crippen LogP contribution in [0.2, 0.25) is 0 Å². The number of benzene rings is 3. The Bertz CT molecular complexity index is 1590. The van der Waals surface area contributed by atoms with Gasteiger partial charge in [-0.3, -0.25) is 9.59 Å². The van der Waals surface area contributed by atoms with Gasteiger partial charge in [-0.1, -0.05) is 48.5 Å². The Kier molecular flexibility index (Phi) is 8.30. The van der Waals surface area contributed by atoms with Crippen molar-refractivity contribution in [3.8, 4) is 11.1 Å². The zero-order chi connectivity index (χ0) is 30.1. The van der Waals surface area contributed by atoms with Crippen molar-refractivity contribution in [1.82, 2.24) is 14.4 Å². The van der Waals surface area contributed by atoms with E-state index in [9.17, 15) is 35.9 Å². The van der Waals surface area contributed by atoms with Crippen molar-refractivity contribution in [2.75, 3.05) is 27.7 Å². The normalized spacial score (nSPS) is 12.2. The van der Waals surface area contributed by atoms with Crippen molar-refractivity contribution < 1.29 is 31.1 Å². The zero-order valence-corrected chi connectivity index (χ0v) is 22.5. The Morgan fingerprint density at radius 3 is 1.85 bits per heavy atom. The number of rotatable bonds is 7. The van der Waals surface area contributed by atoms with Gasteiger partial charge in [0.25, 0.3) is 11.5 Å². The molecule has 0 N–H and O–H groups in total. The van der Waals surface area contributed by atoms with Crippen LogP contribution in [0.15, 0.2) is 77.6 Å². The minimum absolute atomic E-state index is 0.00716. The van der Waals surface area contributed by atoms with Gasteiger partial charge in [0.05, 0.1) is 11.1 Å². The maximum absolute atomic E-state index is 14.1. The molecule has 1 amide bonds. The minimum Gasteiger partial charge on any atom is -0.336 e. The monoisotopic (exact) mass is 575 g/mol. The molecule has 11 heteroatoms. The molecule has 0 saturated heterocycles. The predicted octanol–water partition coefficient (Wildman–Crippen LogP) is 6.54. The van der Waals surface area contributed by atoms with E-state index in [0.29, 0.717) is 40.6 Å². The second-order valence-electron chi connectivity index (χ2n) is 9.97. The van der Waals surface area contributed by atoms with Crippen molar-refractivity contribution in [1.29, 1.82) is 0 Å². The highest BCUT2D eigenvalue weighted by atomic mass is 19.4. The first-order valence-electron chi connectivity index (χ1n) is 12.6. The lowest BCUT2D eigenvalue weighted by Gasteiger charge is -2.25. The fraction of sp³-hybridized carbons (Fsp3) is 0.267. The standard InChI is InChI=1S/C30H27F6N3O2/c1-37(2)13-14-39-26(25(20-9-5-4-6-10-20)23-11-7-8-12-24(23)27(39)40)28(41)38(3)18-19-15-21(29(31,32)33)17-22(16-19)30(34,35)36/h4-12,15-17H,13-14,18H2,1-3H3. The molecule has 0 fully saturated rings. The Morgan fingerprint density at radius 2 is 1.32 bits per heavy atom. The molecule has 0 saturated carbocycles. The molecule has 0 spiro atoms. The van der Waals surface area contributed by atoms with Gasteiger partial charge in [0.15, 0.2) is 0 Å². The Hall–Kier alpha value is -4.12. The van der Waals surface area contributed by atoms with Gasteiger partial charge >= 0.3 is 12.4 Å². The number of hydrogen-bond acceptors (Lipinski definition) is 3. The number of fused-ring (bicyclic) bond motifs is 1. The topological polar surface area (TPSA) is 45.6 Å². The predicted molar refractivity (Wildman–Crippen MR) is 144 cm³/mol. The molecule has 0 bridgehead atoms. The van der Waals surface area contributed by atoms with E-state index in [1.807, 2.05) is 4.90 Å². The molecule has 4 aromatic rings. The van der Waals surface area contributed by atoms with Crippen LogP contribution in [0.25, 0.3) is 21.9 Å². The van der Waals surface area contributed by atoms with Crippen LogP contribution in [0.3, 0.4) is 0 Å². The van der Waals surface area contributed by atoms with Crippen LogP contribution >= 0.6 is 0 Å². The highest BCUT2D eigenvalue weighted by Gasteiger charge is 2.37. The minimum atomic E-state index is -5.02. The van der Waals surface area contributed by atoms with Crippen LogP contribution in [0, 0.1) is 0 Å². The molecule has 0 aliphatic rings. The van der Waals surface area contributed by atoms with Gasteiger partial charge in [0.2, 0.25) is 0 Å². The van der Waals surface area contributed by atoms with Crippen molar-refractivity contribution in [2.24, 2.45) is 0 Å². The van der Waals surface area contributed by atoms with Crippen molar-refractivity contribution in [3.05, 3.63) is 106 Å². The molecule has 0 atom stereocenters. The van der Waals surface area contributed by atoms with Crippen LogP contribution in [0.4, 0.5) is 26.3 Å². The number of hydrogen-bond donors (Lipinski definition) is 0. The molecule has 4 rings (SSSR count). The van der Waals surface area contributed by atoms with E-state index in [2.05, 4.69) is 0 Å². The van der Waals surface area contributed by atoms with Gasteiger partial charge in [-0.05, 0) is 54.9 Å². The molecular formula is C30H27F6N3O2. The van der Waals surface area contributed by atoms with E-state index in [1.165, 1.54) is 11.6 Å². The molecule has 1 aromatic heterocycles. The van der Waals surface area contributed by atoms with E-state index in [0.717, 1.165) is 4.90 Å². The van der Waals surface area contributed by atoms with Crippen LogP contribution in [-0.2, 0) is 25.4 Å². The van der Waals surface area contributed by atoms with Crippen LogP contribution < -0.4 is 5.56 Å². The summed E-state index contributed by atoms with van der Waals surface area (Å²) < 4.78 is 82.0.